The van der Waals surface area contributed by atoms with Gasteiger partial charge in [0.1, 0.15) is 6.10 Å². The smallest absolute Gasteiger partial charge is 0.310 e. The highest BCUT2D eigenvalue weighted by Gasteiger charge is 2.55. The van der Waals surface area contributed by atoms with Crippen molar-refractivity contribution in [2.45, 2.75) is 51.7 Å². The van der Waals surface area contributed by atoms with E-state index < -0.39 is 0 Å². The van der Waals surface area contributed by atoms with Gasteiger partial charge < -0.3 is 9.64 Å². The maximum Gasteiger partial charge on any atom is 0.310 e. The molecule has 1 aromatic rings. The zero-order valence-electron chi connectivity index (χ0n) is 16.1. The molecule has 5 atom stereocenters. The third-order valence-electron chi connectivity index (χ3n) is 7.12. The van der Waals surface area contributed by atoms with Crippen LogP contribution in [0.3, 0.4) is 0 Å². The summed E-state index contributed by atoms with van der Waals surface area (Å²) in [5.74, 6) is 0.948. The summed E-state index contributed by atoms with van der Waals surface area (Å²) in [5, 5.41) is 0. The van der Waals surface area contributed by atoms with Crippen molar-refractivity contribution in [2.24, 2.45) is 23.2 Å². The van der Waals surface area contributed by atoms with Crippen LogP contribution in [0.2, 0.25) is 0 Å². The predicted octanol–water partition coefficient (Wildman–Crippen LogP) is 4.43. The third kappa shape index (κ3) is 3.22. The average molecular weight is 354 g/mol. The van der Waals surface area contributed by atoms with Crippen molar-refractivity contribution in [3.63, 3.8) is 0 Å². The first-order chi connectivity index (χ1) is 12.5. The summed E-state index contributed by atoms with van der Waals surface area (Å²) in [4.78, 5) is 14.9. The highest BCUT2D eigenvalue weighted by atomic mass is 16.6. The topological polar surface area (TPSA) is 29.5 Å². The van der Waals surface area contributed by atoms with Gasteiger partial charge in [-0.3, -0.25) is 4.79 Å². The van der Waals surface area contributed by atoms with Gasteiger partial charge in [-0.05, 0) is 56.0 Å². The minimum absolute atomic E-state index is 0.00740. The molecular formula is C23H31NO2. The van der Waals surface area contributed by atoms with Crippen LogP contribution in [-0.2, 0) is 16.1 Å². The van der Waals surface area contributed by atoms with Crippen LogP contribution in [0.1, 0.15) is 44.6 Å². The second kappa shape index (κ2) is 6.84. The molecule has 0 radical (unpaired) electrons. The summed E-state index contributed by atoms with van der Waals surface area (Å²) in [6, 6.07) is 10.5. The van der Waals surface area contributed by atoms with E-state index in [9.17, 15) is 4.79 Å². The zero-order valence-corrected chi connectivity index (χ0v) is 16.1. The second-order valence-corrected chi connectivity index (χ2v) is 9.09. The van der Waals surface area contributed by atoms with Crippen molar-refractivity contribution in [1.29, 1.82) is 0 Å². The molecule has 3 aliphatic rings. The summed E-state index contributed by atoms with van der Waals surface area (Å²) in [7, 11) is 2.11. The summed E-state index contributed by atoms with van der Waals surface area (Å²) in [5.41, 5.74) is 2.98. The molecule has 0 aromatic heterocycles. The van der Waals surface area contributed by atoms with E-state index in [2.05, 4.69) is 49.7 Å². The molecule has 3 nitrogen and oxygen atoms in total. The molecule has 1 aliphatic heterocycles. The zero-order chi connectivity index (χ0) is 18.3. The SMILES string of the molecule is C=C1CCC[C@]2(C)C[C@H]3OC(=O)[C@@H](CN(C)Cc4ccccc4)[C@H]3C[C@@H]12. The summed E-state index contributed by atoms with van der Waals surface area (Å²) in [6.07, 6.45) is 5.85. The van der Waals surface area contributed by atoms with Crippen molar-refractivity contribution in [3.05, 3.63) is 48.0 Å². The van der Waals surface area contributed by atoms with Gasteiger partial charge >= 0.3 is 5.97 Å². The van der Waals surface area contributed by atoms with Gasteiger partial charge in [-0.15, -0.1) is 0 Å². The van der Waals surface area contributed by atoms with E-state index >= 15 is 0 Å². The minimum atomic E-state index is 0.00740. The lowest BCUT2D eigenvalue weighted by Crippen LogP contribution is -2.45. The normalized spacial score (nSPS) is 36.6. The molecule has 2 aliphatic carbocycles. The molecular weight excluding hydrogens is 322 g/mol. The quantitative estimate of drug-likeness (QED) is 0.592. The number of esters is 1. The molecule has 3 heteroatoms. The Hall–Kier alpha value is -1.61. The number of carbonyl (C=O) groups is 1. The first-order valence-electron chi connectivity index (χ1n) is 10.1. The molecule has 26 heavy (non-hydrogen) atoms. The van der Waals surface area contributed by atoms with Gasteiger partial charge in [-0.1, -0.05) is 49.4 Å². The van der Waals surface area contributed by atoms with Crippen LogP contribution in [0.25, 0.3) is 0 Å². The van der Waals surface area contributed by atoms with E-state index in [4.69, 9.17) is 4.74 Å². The molecule has 2 saturated carbocycles. The lowest BCUT2D eigenvalue weighted by atomic mass is 9.55. The average Bonchev–Trinajstić information content (AvgIpc) is 2.88. The maximum absolute atomic E-state index is 12.6. The fourth-order valence-corrected chi connectivity index (χ4v) is 5.76. The van der Waals surface area contributed by atoms with Gasteiger partial charge in [0.2, 0.25) is 0 Å². The Morgan fingerprint density at radius 3 is 2.85 bits per heavy atom. The first-order valence-corrected chi connectivity index (χ1v) is 10.1. The molecule has 4 rings (SSSR count). The Kier molecular flexibility index (Phi) is 4.68. The van der Waals surface area contributed by atoms with E-state index in [0.717, 1.165) is 32.4 Å². The molecule has 0 amide bonds. The van der Waals surface area contributed by atoms with Crippen LogP contribution in [0.4, 0.5) is 0 Å². The standard InChI is InChI=1S/C23H31NO2/c1-16-8-7-11-23(2)13-21-18(12-20(16)23)19(22(25)26-21)15-24(3)14-17-9-5-4-6-10-17/h4-6,9-10,18-21H,1,7-8,11-15H2,2-3H3/t18-,19+,20+,21-,23-/m1/s1. The number of benzene rings is 1. The van der Waals surface area contributed by atoms with Crippen molar-refractivity contribution in [1.82, 2.24) is 4.90 Å². The molecule has 140 valence electrons. The van der Waals surface area contributed by atoms with E-state index in [-0.39, 0.29) is 23.4 Å². The van der Waals surface area contributed by atoms with Gasteiger partial charge in [0.15, 0.2) is 0 Å². The monoisotopic (exact) mass is 353 g/mol. The highest BCUT2D eigenvalue weighted by molar-refractivity contribution is 5.75. The van der Waals surface area contributed by atoms with Gasteiger partial charge in [0.05, 0.1) is 5.92 Å². The number of hydrogen-bond donors (Lipinski definition) is 0. The van der Waals surface area contributed by atoms with Crippen LogP contribution in [0, 0.1) is 23.2 Å². The lowest BCUT2D eigenvalue weighted by Gasteiger charge is -2.50. The summed E-state index contributed by atoms with van der Waals surface area (Å²) in [6.45, 7) is 8.43. The van der Waals surface area contributed by atoms with Gasteiger partial charge in [-0.25, -0.2) is 0 Å². The van der Waals surface area contributed by atoms with Crippen LogP contribution >= 0.6 is 0 Å². The van der Waals surface area contributed by atoms with E-state index in [1.807, 2.05) is 6.07 Å². The Bertz CT molecular complexity index is 685. The Morgan fingerprint density at radius 1 is 1.31 bits per heavy atom. The number of carbonyl (C=O) groups excluding carboxylic acids is 1. The number of allylic oxidation sites excluding steroid dienone is 1. The molecule has 0 N–H and O–H groups in total. The van der Waals surface area contributed by atoms with Crippen molar-refractivity contribution in [3.8, 4) is 0 Å². The predicted molar refractivity (Wildman–Crippen MR) is 103 cm³/mol. The van der Waals surface area contributed by atoms with Gasteiger partial charge in [0.25, 0.3) is 0 Å². The largest absolute Gasteiger partial charge is 0.462 e. The molecule has 1 heterocycles. The van der Waals surface area contributed by atoms with Crippen LogP contribution in [0.15, 0.2) is 42.5 Å². The summed E-state index contributed by atoms with van der Waals surface area (Å²) >= 11 is 0. The number of rotatable bonds is 4. The fraction of sp³-hybridized carbons (Fsp3) is 0.609. The van der Waals surface area contributed by atoms with E-state index in [1.165, 1.54) is 24.0 Å². The molecule has 0 bridgehead atoms. The Balaban J connectivity index is 1.46. The van der Waals surface area contributed by atoms with Crippen molar-refractivity contribution in [2.75, 3.05) is 13.6 Å². The van der Waals surface area contributed by atoms with E-state index in [0.29, 0.717) is 11.8 Å². The third-order valence-corrected chi connectivity index (χ3v) is 7.12. The summed E-state index contributed by atoms with van der Waals surface area (Å²) < 4.78 is 5.88. The number of hydrogen-bond acceptors (Lipinski definition) is 3. The molecule has 1 aromatic carbocycles. The Labute approximate surface area is 157 Å². The van der Waals surface area contributed by atoms with E-state index in [1.54, 1.807) is 0 Å². The van der Waals surface area contributed by atoms with Gasteiger partial charge in [-0.2, -0.15) is 0 Å². The highest BCUT2D eigenvalue weighted by Crippen LogP contribution is 2.56. The van der Waals surface area contributed by atoms with Crippen molar-refractivity contribution < 1.29 is 9.53 Å². The van der Waals surface area contributed by atoms with Crippen LogP contribution < -0.4 is 0 Å². The van der Waals surface area contributed by atoms with Crippen molar-refractivity contribution >= 4 is 5.97 Å². The molecule has 0 unspecified atom stereocenters. The molecule has 3 fully saturated rings. The fourth-order valence-electron chi connectivity index (χ4n) is 5.76. The number of nitrogens with zero attached hydrogens (tertiary/aromatic N) is 1. The first kappa shape index (κ1) is 17.8. The van der Waals surface area contributed by atoms with Gasteiger partial charge in [0, 0.05) is 19.0 Å². The van der Waals surface area contributed by atoms with Crippen LogP contribution in [0.5, 0.6) is 0 Å². The number of ether oxygens (including phenoxy) is 1. The lowest BCUT2D eigenvalue weighted by molar-refractivity contribution is -0.146. The molecule has 0 spiro atoms. The molecule has 1 saturated heterocycles. The minimum Gasteiger partial charge on any atom is -0.462 e. The Morgan fingerprint density at radius 2 is 2.08 bits per heavy atom. The maximum atomic E-state index is 12.6. The second-order valence-electron chi connectivity index (χ2n) is 9.09. The van der Waals surface area contributed by atoms with Crippen LogP contribution in [-0.4, -0.2) is 30.6 Å². The number of fused-ring (bicyclic) bond motifs is 2.